The normalized spacial score (nSPS) is 15.4. The van der Waals surface area contributed by atoms with Crippen LogP contribution in [0.3, 0.4) is 0 Å². The Kier molecular flexibility index (Phi) is 4.82. The highest BCUT2D eigenvalue weighted by molar-refractivity contribution is 5.83. The Morgan fingerprint density at radius 2 is 1.93 bits per heavy atom. The lowest BCUT2D eigenvalue weighted by Crippen LogP contribution is -2.37. The molecule has 1 fully saturated rings. The summed E-state index contributed by atoms with van der Waals surface area (Å²) in [5.41, 5.74) is 5.08. The van der Waals surface area contributed by atoms with Crippen LogP contribution in [0, 0.1) is 18.3 Å². The predicted octanol–water partition coefficient (Wildman–Crippen LogP) is 4.11. The lowest BCUT2D eigenvalue weighted by atomic mass is 9.98. The molecule has 1 N–H and O–H groups in total. The lowest BCUT2D eigenvalue weighted by molar-refractivity contribution is 0.122. The summed E-state index contributed by atoms with van der Waals surface area (Å²) in [6, 6.07) is 18.8. The van der Waals surface area contributed by atoms with E-state index in [1.807, 2.05) is 24.3 Å². The van der Waals surface area contributed by atoms with Crippen LogP contribution in [0.15, 0.2) is 48.5 Å². The molecule has 1 aliphatic heterocycles. The van der Waals surface area contributed by atoms with Crippen LogP contribution >= 0.6 is 0 Å². The van der Waals surface area contributed by atoms with Crippen molar-refractivity contribution in [2.45, 2.75) is 19.3 Å². The molecular weight excluding hydrogens is 374 g/mol. The highest BCUT2D eigenvalue weighted by Gasteiger charge is 2.22. The van der Waals surface area contributed by atoms with Crippen molar-refractivity contribution in [2.75, 3.05) is 31.2 Å². The zero-order chi connectivity index (χ0) is 20.5. The van der Waals surface area contributed by atoms with Crippen LogP contribution in [0.2, 0.25) is 0 Å². The Morgan fingerprint density at radius 3 is 2.73 bits per heavy atom. The number of hydrogen-bond acceptors (Lipinski definition) is 5. The molecule has 1 atom stereocenters. The zero-order valence-corrected chi connectivity index (χ0v) is 16.9. The number of benzene rings is 2. The lowest BCUT2D eigenvalue weighted by Gasteiger charge is -2.30. The van der Waals surface area contributed by atoms with Gasteiger partial charge >= 0.3 is 0 Å². The van der Waals surface area contributed by atoms with E-state index in [0.29, 0.717) is 25.5 Å². The van der Waals surface area contributed by atoms with Crippen LogP contribution in [0.25, 0.3) is 21.9 Å². The van der Waals surface area contributed by atoms with Crippen LogP contribution in [-0.4, -0.2) is 41.3 Å². The summed E-state index contributed by atoms with van der Waals surface area (Å²) in [6.07, 6.45) is 0.555. The molecule has 0 bridgehead atoms. The number of aromatic nitrogens is 3. The third-order valence-electron chi connectivity index (χ3n) is 5.65. The molecule has 0 aliphatic carbocycles. The Labute approximate surface area is 175 Å². The van der Waals surface area contributed by atoms with E-state index in [9.17, 15) is 5.26 Å². The smallest absolute Gasteiger partial charge is 0.132 e. The van der Waals surface area contributed by atoms with E-state index in [1.165, 1.54) is 5.56 Å². The van der Waals surface area contributed by atoms with Gasteiger partial charge in [0.1, 0.15) is 17.6 Å². The van der Waals surface area contributed by atoms with Crippen LogP contribution in [0.5, 0.6) is 0 Å². The van der Waals surface area contributed by atoms with Gasteiger partial charge in [0, 0.05) is 18.5 Å². The maximum absolute atomic E-state index is 9.96. The molecule has 1 saturated heterocycles. The first-order valence-corrected chi connectivity index (χ1v) is 10.3. The van der Waals surface area contributed by atoms with Gasteiger partial charge in [0.2, 0.25) is 0 Å². The fraction of sp³-hybridized carbons (Fsp3) is 0.292. The van der Waals surface area contributed by atoms with Crippen LogP contribution < -0.4 is 4.90 Å². The van der Waals surface area contributed by atoms with Gasteiger partial charge in [-0.15, -0.1) is 0 Å². The Morgan fingerprint density at radius 1 is 1.10 bits per heavy atom. The molecule has 4 aromatic rings. The molecule has 0 spiro atoms. The summed E-state index contributed by atoms with van der Waals surface area (Å²) in [6.45, 7) is 5.08. The minimum absolute atomic E-state index is 0.374. The average molecular weight is 397 g/mol. The number of pyridine rings is 1. The molecule has 0 radical (unpaired) electrons. The number of nitrogens with zero attached hydrogens (tertiary/aromatic N) is 4. The van der Waals surface area contributed by atoms with Gasteiger partial charge in [-0.05, 0) is 49.2 Å². The van der Waals surface area contributed by atoms with Crippen molar-refractivity contribution in [1.29, 1.82) is 5.26 Å². The molecule has 1 unspecified atom stereocenters. The number of imidazole rings is 1. The van der Waals surface area contributed by atoms with Crippen LogP contribution in [0.1, 0.15) is 22.9 Å². The predicted molar refractivity (Wildman–Crippen MR) is 118 cm³/mol. The van der Waals surface area contributed by atoms with Gasteiger partial charge in [-0.3, -0.25) is 0 Å². The number of hydrogen-bond donors (Lipinski definition) is 1. The number of morpholine rings is 1. The molecule has 0 amide bonds. The Hall–Kier alpha value is -3.43. The third-order valence-corrected chi connectivity index (χ3v) is 5.65. The van der Waals surface area contributed by atoms with Gasteiger partial charge in [0.05, 0.1) is 35.8 Å². The van der Waals surface area contributed by atoms with Crippen molar-refractivity contribution in [3.63, 3.8) is 0 Å². The first-order chi connectivity index (χ1) is 14.7. The Bertz CT molecular complexity index is 1220. The monoisotopic (exact) mass is 397 g/mol. The number of nitriles is 1. The minimum Gasteiger partial charge on any atom is -0.378 e. The number of nitrogens with one attached hydrogen (secondary N) is 1. The second kappa shape index (κ2) is 7.77. The summed E-state index contributed by atoms with van der Waals surface area (Å²) in [5.74, 6) is 1.28. The first-order valence-electron chi connectivity index (χ1n) is 10.3. The highest BCUT2D eigenvalue weighted by Crippen LogP contribution is 2.30. The summed E-state index contributed by atoms with van der Waals surface area (Å²) in [5, 5.41) is 11.1. The third kappa shape index (κ3) is 3.49. The molecule has 0 saturated carbocycles. The van der Waals surface area contributed by atoms with E-state index in [-0.39, 0.29) is 5.92 Å². The standard InChI is InChI=1S/C24H23N5O/c1-16-6-7-20-17(12-16)13-18(24(28-20)29-8-10-30-11-9-29)14-19(15-25)23-26-21-4-2-3-5-22(21)27-23/h2-7,12-13,19H,8-11,14H2,1H3,(H,26,27). The maximum Gasteiger partial charge on any atom is 0.132 e. The van der Waals surface area contributed by atoms with E-state index < -0.39 is 0 Å². The van der Waals surface area contributed by atoms with Gasteiger partial charge < -0.3 is 14.6 Å². The van der Waals surface area contributed by atoms with Crippen molar-refractivity contribution >= 4 is 27.8 Å². The van der Waals surface area contributed by atoms with Gasteiger partial charge in [0.25, 0.3) is 0 Å². The minimum atomic E-state index is -0.374. The van der Waals surface area contributed by atoms with Gasteiger partial charge in [-0.25, -0.2) is 9.97 Å². The summed E-state index contributed by atoms with van der Waals surface area (Å²) in [4.78, 5) is 15.3. The SMILES string of the molecule is Cc1ccc2nc(N3CCOCC3)c(CC(C#N)c3nc4ccccc4[nH]3)cc2c1. The fourth-order valence-corrected chi connectivity index (χ4v) is 4.09. The molecule has 2 aromatic heterocycles. The van der Waals surface area contributed by atoms with E-state index in [1.54, 1.807) is 0 Å². The van der Waals surface area contributed by atoms with E-state index in [0.717, 1.165) is 46.4 Å². The quantitative estimate of drug-likeness (QED) is 0.561. The molecule has 5 rings (SSSR count). The second-order valence-electron chi connectivity index (χ2n) is 7.79. The number of H-pyrrole nitrogens is 1. The molecule has 30 heavy (non-hydrogen) atoms. The molecule has 6 nitrogen and oxygen atoms in total. The summed E-state index contributed by atoms with van der Waals surface area (Å²) in [7, 11) is 0. The number of anilines is 1. The van der Waals surface area contributed by atoms with E-state index in [2.05, 4.69) is 52.1 Å². The van der Waals surface area contributed by atoms with Crippen LogP contribution in [-0.2, 0) is 11.2 Å². The van der Waals surface area contributed by atoms with E-state index >= 15 is 0 Å². The van der Waals surface area contributed by atoms with Gasteiger partial charge in [-0.1, -0.05) is 23.8 Å². The second-order valence-corrected chi connectivity index (χ2v) is 7.79. The van der Waals surface area contributed by atoms with Crippen molar-refractivity contribution in [3.8, 4) is 6.07 Å². The molecule has 2 aromatic carbocycles. The number of aryl methyl sites for hydroxylation is 1. The highest BCUT2D eigenvalue weighted by atomic mass is 16.5. The number of rotatable bonds is 4. The molecule has 1 aliphatic rings. The largest absolute Gasteiger partial charge is 0.378 e. The molecule has 6 heteroatoms. The number of aromatic amines is 1. The Balaban J connectivity index is 1.57. The number of ether oxygens (including phenoxy) is 1. The zero-order valence-electron chi connectivity index (χ0n) is 16.9. The van der Waals surface area contributed by atoms with Crippen molar-refractivity contribution in [3.05, 3.63) is 65.5 Å². The van der Waals surface area contributed by atoms with Crippen molar-refractivity contribution in [1.82, 2.24) is 15.0 Å². The number of fused-ring (bicyclic) bond motifs is 2. The summed E-state index contributed by atoms with van der Waals surface area (Å²) >= 11 is 0. The summed E-state index contributed by atoms with van der Waals surface area (Å²) < 4.78 is 5.53. The first kappa shape index (κ1) is 18.6. The molecular formula is C24H23N5O. The van der Waals surface area contributed by atoms with Crippen molar-refractivity contribution in [2.24, 2.45) is 0 Å². The fourth-order valence-electron chi connectivity index (χ4n) is 4.09. The topological polar surface area (TPSA) is 77.8 Å². The van der Waals surface area contributed by atoms with Gasteiger partial charge in [0.15, 0.2) is 0 Å². The molecule has 3 heterocycles. The molecule has 150 valence electrons. The number of para-hydroxylation sites is 2. The van der Waals surface area contributed by atoms with Crippen molar-refractivity contribution < 1.29 is 4.74 Å². The van der Waals surface area contributed by atoms with Gasteiger partial charge in [-0.2, -0.15) is 5.26 Å². The van der Waals surface area contributed by atoms with E-state index in [4.69, 9.17) is 9.72 Å². The maximum atomic E-state index is 9.96. The average Bonchev–Trinajstić information content (AvgIpc) is 3.21. The van der Waals surface area contributed by atoms with Crippen LogP contribution in [0.4, 0.5) is 5.82 Å².